The van der Waals surface area contributed by atoms with Gasteiger partial charge < -0.3 is 15.0 Å². The molecule has 2 rings (SSSR count). The maximum atomic E-state index is 12.6. The molecule has 0 fully saturated rings. The van der Waals surface area contributed by atoms with Crippen LogP contribution in [0.15, 0.2) is 48.5 Å². The first-order valence-electron chi connectivity index (χ1n) is 7.78. The number of methoxy groups -OCH3 is 1. The minimum Gasteiger partial charge on any atom is -0.497 e. The van der Waals surface area contributed by atoms with Gasteiger partial charge in [0.05, 0.1) is 13.7 Å². The number of ether oxygens (including phenoxy) is 1. The van der Waals surface area contributed by atoms with Gasteiger partial charge in [0.1, 0.15) is 5.75 Å². The van der Waals surface area contributed by atoms with Crippen LogP contribution in [0, 0.1) is 6.92 Å². The molecule has 0 radical (unpaired) electrons. The molecule has 0 unspecified atom stereocenters. The number of anilines is 2. The molecule has 23 heavy (non-hydrogen) atoms. The molecule has 4 nitrogen and oxygen atoms in total. The number of rotatable bonds is 6. The van der Waals surface area contributed by atoms with Crippen molar-refractivity contribution in [2.24, 2.45) is 0 Å². The lowest BCUT2D eigenvalue weighted by atomic mass is 10.2. The molecule has 1 N–H and O–H groups in total. The number of hydrogen-bond donors (Lipinski definition) is 1. The third-order valence-corrected chi connectivity index (χ3v) is 3.68. The Hall–Kier alpha value is -2.49. The van der Waals surface area contributed by atoms with Gasteiger partial charge in [-0.2, -0.15) is 0 Å². The van der Waals surface area contributed by atoms with E-state index >= 15 is 0 Å². The summed E-state index contributed by atoms with van der Waals surface area (Å²) in [6.45, 7) is 6.28. The van der Waals surface area contributed by atoms with Gasteiger partial charge in [0.2, 0.25) is 5.91 Å². The van der Waals surface area contributed by atoms with E-state index in [0.717, 1.165) is 22.7 Å². The Morgan fingerprint density at radius 1 is 1.17 bits per heavy atom. The number of hydrogen-bond acceptors (Lipinski definition) is 3. The Kier molecular flexibility index (Phi) is 5.63. The van der Waals surface area contributed by atoms with Crippen LogP contribution in [-0.2, 0) is 4.79 Å². The molecule has 0 aliphatic heterocycles. The fourth-order valence-electron chi connectivity index (χ4n) is 2.54. The van der Waals surface area contributed by atoms with E-state index in [1.54, 1.807) is 7.11 Å². The molecule has 0 atom stereocenters. The minimum absolute atomic E-state index is 0.0430. The van der Waals surface area contributed by atoms with Gasteiger partial charge in [0, 0.05) is 17.4 Å². The predicted molar refractivity (Wildman–Crippen MR) is 95.3 cm³/mol. The molecule has 2 aromatic carbocycles. The van der Waals surface area contributed by atoms with E-state index in [1.807, 2.05) is 74.2 Å². The highest BCUT2D eigenvalue weighted by Crippen LogP contribution is 2.21. The molecule has 122 valence electrons. The van der Waals surface area contributed by atoms with Crippen molar-refractivity contribution in [3.05, 3.63) is 54.1 Å². The SMILES string of the molecule is COc1ccc(NCC(=O)N(c2ccccc2)C(C)C)c(C)c1. The van der Waals surface area contributed by atoms with Crippen LogP contribution in [0.1, 0.15) is 19.4 Å². The van der Waals surface area contributed by atoms with E-state index in [0.29, 0.717) is 0 Å². The maximum absolute atomic E-state index is 12.6. The molecule has 4 heteroatoms. The van der Waals surface area contributed by atoms with Crippen LogP contribution in [0.2, 0.25) is 0 Å². The summed E-state index contributed by atoms with van der Waals surface area (Å²) in [5.74, 6) is 0.855. The lowest BCUT2D eigenvalue weighted by Gasteiger charge is -2.27. The van der Waals surface area contributed by atoms with Gasteiger partial charge in [0.15, 0.2) is 0 Å². The highest BCUT2D eigenvalue weighted by Gasteiger charge is 2.18. The van der Waals surface area contributed by atoms with Gasteiger partial charge in [-0.1, -0.05) is 18.2 Å². The van der Waals surface area contributed by atoms with Crippen molar-refractivity contribution < 1.29 is 9.53 Å². The number of nitrogens with one attached hydrogen (secondary N) is 1. The number of benzene rings is 2. The van der Waals surface area contributed by atoms with Crippen molar-refractivity contribution in [2.75, 3.05) is 23.9 Å². The van der Waals surface area contributed by atoms with Crippen LogP contribution < -0.4 is 15.0 Å². The number of aryl methyl sites for hydroxylation is 1. The Morgan fingerprint density at radius 2 is 1.87 bits per heavy atom. The quantitative estimate of drug-likeness (QED) is 0.880. The van der Waals surface area contributed by atoms with Crippen LogP contribution in [0.25, 0.3) is 0 Å². The van der Waals surface area contributed by atoms with Gasteiger partial charge in [-0.15, -0.1) is 0 Å². The van der Waals surface area contributed by atoms with Crippen LogP contribution in [0.4, 0.5) is 11.4 Å². The fraction of sp³-hybridized carbons (Fsp3) is 0.316. The van der Waals surface area contributed by atoms with Crippen molar-refractivity contribution in [1.82, 2.24) is 0 Å². The molecule has 0 aromatic heterocycles. The van der Waals surface area contributed by atoms with E-state index in [4.69, 9.17) is 4.74 Å². The average molecular weight is 312 g/mol. The molecule has 1 amide bonds. The van der Waals surface area contributed by atoms with E-state index in [9.17, 15) is 4.79 Å². The zero-order valence-electron chi connectivity index (χ0n) is 14.2. The van der Waals surface area contributed by atoms with Crippen LogP contribution in [-0.4, -0.2) is 25.6 Å². The molecule has 0 aliphatic rings. The first-order valence-corrected chi connectivity index (χ1v) is 7.78. The Morgan fingerprint density at radius 3 is 2.43 bits per heavy atom. The molecule has 0 spiro atoms. The monoisotopic (exact) mass is 312 g/mol. The summed E-state index contributed by atoms with van der Waals surface area (Å²) in [6, 6.07) is 15.6. The molecule has 0 saturated carbocycles. The first kappa shape index (κ1) is 16.9. The second kappa shape index (κ2) is 7.68. The summed E-state index contributed by atoms with van der Waals surface area (Å²) >= 11 is 0. The molecule has 0 bridgehead atoms. The molecule has 0 aliphatic carbocycles. The van der Waals surface area contributed by atoms with Gasteiger partial charge in [-0.25, -0.2) is 0 Å². The highest BCUT2D eigenvalue weighted by atomic mass is 16.5. The number of amides is 1. The fourth-order valence-corrected chi connectivity index (χ4v) is 2.54. The smallest absolute Gasteiger partial charge is 0.246 e. The van der Waals surface area contributed by atoms with Crippen LogP contribution in [0.5, 0.6) is 5.75 Å². The summed E-state index contributed by atoms with van der Waals surface area (Å²) in [5.41, 5.74) is 2.91. The first-order chi connectivity index (χ1) is 11.0. The van der Waals surface area contributed by atoms with E-state index in [-0.39, 0.29) is 18.5 Å². The normalized spacial score (nSPS) is 10.5. The van der Waals surface area contributed by atoms with Crippen molar-refractivity contribution in [3.63, 3.8) is 0 Å². The molecular formula is C19H24N2O2. The molecule has 2 aromatic rings. The van der Waals surface area contributed by atoms with Crippen molar-refractivity contribution in [1.29, 1.82) is 0 Å². The number of carbonyl (C=O) groups is 1. The Balaban J connectivity index is 2.08. The zero-order valence-corrected chi connectivity index (χ0v) is 14.2. The highest BCUT2D eigenvalue weighted by molar-refractivity contribution is 5.96. The summed E-state index contributed by atoms with van der Waals surface area (Å²) in [6.07, 6.45) is 0. The van der Waals surface area contributed by atoms with Crippen LogP contribution in [0.3, 0.4) is 0 Å². The lowest BCUT2D eigenvalue weighted by Crippen LogP contribution is -2.40. The van der Waals surface area contributed by atoms with E-state index in [1.165, 1.54) is 0 Å². The molecule has 0 heterocycles. The van der Waals surface area contributed by atoms with Crippen LogP contribution >= 0.6 is 0 Å². The molecule has 0 saturated heterocycles. The lowest BCUT2D eigenvalue weighted by molar-refractivity contribution is -0.117. The Labute approximate surface area is 138 Å². The van der Waals surface area contributed by atoms with Gasteiger partial charge in [-0.3, -0.25) is 4.79 Å². The predicted octanol–water partition coefficient (Wildman–Crippen LogP) is 3.86. The summed E-state index contributed by atoms with van der Waals surface area (Å²) in [4.78, 5) is 14.4. The molecular weight excluding hydrogens is 288 g/mol. The minimum atomic E-state index is 0.0430. The summed E-state index contributed by atoms with van der Waals surface area (Å²) in [7, 11) is 1.64. The maximum Gasteiger partial charge on any atom is 0.246 e. The average Bonchev–Trinajstić information content (AvgIpc) is 2.54. The third kappa shape index (κ3) is 4.25. The van der Waals surface area contributed by atoms with Crippen molar-refractivity contribution in [2.45, 2.75) is 26.8 Å². The number of para-hydroxylation sites is 1. The van der Waals surface area contributed by atoms with Crippen molar-refractivity contribution >= 4 is 17.3 Å². The second-order valence-corrected chi connectivity index (χ2v) is 5.73. The van der Waals surface area contributed by atoms with Crippen molar-refractivity contribution in [3.8, 4) is 5.75 Å². The van der Waals surface area contributed by atoms with Gasteiger partial charge in [-0.05, 0) is 56.7 Å². The standard InChI is InChI=1S/C19H24N2O2/c1-14(2)21(16-8-6-5-7-9-16)19(22)13-20-18-11-10-17(23-4)12-15(18)3/h5-12,14,20H,13H2,1-4H3. The topological polar surface area (TPSA) is 41.6 Å². The summed E-state index contributed by atoms with van der Waals surface area (Å²) in [5, 5.41) is 3.22. The number of carbonyl (C=O) groups excluding carboxylic acids is 1. The van der Waals surface area contributed by atoms with Gasteiger partial charge in [0.25, 0.3) is 0 Å². The summed E-state index contributed by atoms with van der Waals surface area (Å²) < 4.78 is 5.20. The van der Waals surface area contributed by atoms with Gasteiger partial charge >= 0.3 is 0 Å². The Bertz CT molecular complexity index is 654. The zero-order chi connectivity index (χ0) is 16.8. The largest absolute Gasteiger partial charge is 0.497 e. The number of nitrogens with zero attached hydrogens (tertiary/aromatic N) is 1. The second-order valence-electron chi connectivity index (χ2n) is 5.73. The van der Waals surface area contributed by atoms with E-state index < -0.39 is 0 Å². The third-order valence-electron chi connectivity index (χ3n) is 3.68. The van der Waals surface area contributed by atoms with E-state index in [2.05, 4.69) is 5.32 Å².